The van der Waals surface area contributed by atoms with Crippen LogP contribution in [0.15, 0.2) is 28.8 Å². The van der Waals surface area contributed by atoms with Crippen molar-refractivity contribution in [3.05, 3.63) is 46.8 Å². The molecule has 0 unspecified atom stereocenters. The van der Waals surface area contributed by atoms with Crippen molar-refractivity contribution in [2.45, 2.75) is 33.3 Å². The molecule has 0 bridgehead atoms. The van der Waals surface area contributed by atoms with Gasteiger partial charge in [-0.05, 0) is 32.4 Å². The maximum absolute atomic E-state index is 12.3. The summed E-state index contributed by atoms with van der Waals surface area (Å²) in [5.74, 6) is 0.631. The lowest BCUT2D eigenvalue weighted by molar-refractivity contribution is -0.140. The number of nitrogens with zero attached hydrogens (tertiary/aromatic N) is 1. The van der Waals surface area contributed by atoms with Crippen LogP contribution >= 0.6 is 0 Å². The maximum Gasteiger partial charge on any atom is 0.305 e. The van der Waals surface area contributed by atoms with Crippen molar-refractivity contribution in [1.82, 2.24) is 10.5 Å². The second kappa shape index (κ2) is 8.86. The van der Waals surface area contributed by atoms with Gasteiger partial charge in [-0.1, -0.05) is 17.3 Å². The molecule has 1 heterocycles. The van der Waals surface area contributed by atoms with Crippen LogP contribution in [0.5, 0.6) is 5.75 Å². The van der Waals surface area contributed by atoms with Crippen molar-refractivity contribution < 1.29 is 23.6 Å². The number of aromatic nitrogens is 1. The van der Waals surface area contributed by atoms with E-state index in [1.54, 1.807) is 24.3 Å². The van der Waals surface area contributed by atoms with Gasteiger partial charge >= 0.3 is 5.97 Å². The van der Waals surface area contributed by atoms with Crippen molar-refractivity contribution >= 4 is 11.9 Å². The SMILES string of the molecule is COC(=O)CCCNC(=O)c1ccccc1OCc1c(C)noc1C. The lowest BCUT2D eigenvalue weighted by Gasteiger charge is -2.11. The first kappa shape index (κ1) is 18.5. The fraction of sp³-hybridized carbons (Fsp3) is 0.389. The molecule has 0 aliphatic carbocycles. The number of carbonyl (C=O) groups is 2. The number of hydrogen-bond acceptors (Lipinski definition) is 6. The molecule has 0 radical (unpaired) electrons. The molecule has 7 nitrogen and oxygen atoms in total. The van der Waals surface area contributed by atoms with Gasteiger partial charge in [0, 0.05) is 13.0 Å². The highest BCUT2D eigenvalue weighted by atomic mass is 16.5. The molecule has 1 aromatic heterocycles. The molecule has 1 aromatic carbocycles. The van der Waals surface area contributed by atoms with Crippen molar-refractivity contribution in [2.24, 2.45) is 0 Å². The second-order valence-corrected chi connectivity index (χ2v) is 5.52. The molecule has 2 aromatic rings. The summed E-state index contributed by atoms with van der Waals surface area (Å²) in [4.78, 5) is 23.4. The molecule has 134 valence electrons. The highest BCUT2D eigenvalue weighted by Gasteiger charge is 2.14. The van der Waals surface area contributed by atoms with Crippen molar-refractivity contribution in [3.8, 4) is 5.75 Å². The Bertz CT molecular complexity index is 719. The Kier molecular flexibility index (Phi) is 6.56. The Morgan fingerprint density at radius 1 is 1.24 bits per heavy atom. The van der Waals surface area contributed by atoms with Crippen LogP contribution in [-0.2, 0) is 16.1 Å². The minimum absolute atomic E-state index is 0.251. The molecule has 0 aliphatic heterocycles. The fourth-order valence-corrected chi connectivity index (χ4v) is 2.27. The number of aryl methyl sites for hydroxylation is 2. The Hall–Kier alpha value is -2.83. The first-order chi connectivity index (χ1) is 12.0. The lowest BCUT2D eigenvalue weighted by Crippen LogP contribution is -2.25. The van der Waals surface area contributed by atoms with Crippen LogP contribution in [0.3, 0.4) is 0 Å². The third-order valence-corrected chi connectivity index (χ3v) is 3.76. The zero-order valence-electron chi connectivity index (χ0n) is 14.6. The normalized spacial score (nSPS) is 10.4. The number of benzene rings is 1. The van der Waals surface area contributed by atoms with E-state index in [0.29, 0.717) is 30.0 Å². The number of para-hydroxylation sites is 1. The Morgan fingerprint density at radius 2 is 2.00 bits per heavy atom. The van der Waals surface area contributed by atoms with Gasteiger partial charge < -0.3 is 19.3 Å². The molecule has 0 aliphatic rings. The summed E-state index contributed by atoms with van der Waals surface area (Å²) in [6.45, 7) is 4.31. The number of ether oxygens (including phenoxy) is 2. The summed E-state index contributed by atoms with van der Waals surface area (Å²) in [6, 6.07) is 7.00. The largest absolute Gasteiger partial charge is 0.488 e. The quantitative estimate of drug-likeness (QED) is 0.583. The average molecular weight is 346 g/mol. The molecule has 7 heteroatoms. The third-order valence-electron chi connectivity index (χ3n) is 3.76. The van der Waals surface area contributed by atoms with E-state index < -0.39 is 0 Å². The Balaban J connectivity index is 1.95. The summed E-state index contributed by atoms with van der Waals surface area (Å²) in [6.07, 6.45) is 0.779. The van der Waals surface area contributed by atoms with Gasteiger partial charge in [-0.25, -0.2) is 0 Å². The fourth-order valence-electron chi connectivity index (χ4n) is 2.27. The summed E-state index contributed by atoms with van der Waals surface area (Å²) < 4.78 is 15.5. The maximum atomic E-state index is 12.3. The number of methoxy groups -OCH3 is 1. The number of carbonyl (C=O) groups excluding carboxylic acids is 2. The Labute approximate surface area is 146 Å². The zero-order chi connectivity index (χ0) is 18.2. The van der Waals surface area contributed by atoms with E-state index in [0.717, 1.165) is 11.3 Å². The van der Waals surface area contributed by atoms with Gasteiger partial charge in [-0.3, -0.25) is 9.59 Å². The van der Waals surface area contributed by atoms with Gasteiger partial charge in [-0.2, -0.15) is 0 Å². The Morgan fingerprint density at radius 3 is 2.68 bits per heavy atom. The number of nitrogens with one attached hydrogen (secondary N) is 1. The van der Waals surface area contributed by atoms with E-state index in [9.17, 15) is 9.59 Å². The molecule has 0 spiro atoms. The molecule has 2 rings (SSSR count). The third kappa shape index (κ3) is 5.07. The van der Waals surface area contributed by atoms with Gasteiger partial charge in [-0.15, -0.1) is 0 Å². The minimum atomic E-state index is -0.294. The molecule has 0 saturated heterocycles. The molecule has 1 amide bonds. The van der Waals surface area contributed by atoms with E-state index in [4.69, 9.17) is 9.26 Å². The molecule has 1 N–H and O–H groups in total. The van der Waals surface area contributed by atoms with E-state index >= 15 is 0 Å². The van der Waals surface area contributed by atoms with E-state index in [1.807, 2.05) is 13.8 Å². The van der Waals surface area contributed by atoms with Crippen LogP contribution in [0.25, 0.3) is 0 Å². The van der Waals surface area contributed by atoms with E-state index in [2.05, 4.69) is 15.2 Å². The summed E-state index contributed by atoms with van der Waals surface area (Å²) in [5.41, 5.74) is 2.07. The number of hydrogen-bond donors (Lipinski definition) is 1. The van der Waals surface area contributed by atoms with Crippen LogP contribution in [0, 0.1) is 13.8 Å². The zero-order valence-corrected chi connectivity index (χ0v) is 14.6. The predicted molar refractivity (Wildman–Crippen MR) is 90.3 cm³/mol. The highest BCUT2D eigenvalue weighted by molar-refractivity contribution is 5.96. The van der Waals surface area contributed by atoms with Crippen molar-refractivity contribution in [1.29, 1.82) is 0 Å². The van der Waals surface area contributed by atoms with Crippen molar-refractivity contribution in [3.63, 3.8) is 0 Å². The van der Waals surface area contributed by atoms with Crippen LogP contribution in [-0.4, -0.2) is 30.7 Å². The van der Waals surface area contributed by atoms with Crippen LogP contribution in [0.4, 0.5) is 0 Å². The smallest absolute Gasteiger partial charge is 0.305 e. The molecule has 0 saturated carbocycles. The van der Waals surface area contributed by atoms with Crippen LogP contribution in [0.1, 0.15) is 40.2 Å². The minimum Gasteiger partial charge on any atom is -0.488 e. The number of rotatable bonds is 8. The van der Waals surface area contributed by atoms with Crippen LogP contribution < -0.4 is 10.1 Å². The molecule has 0 atom stereocenters. The predicted octanol–water partition coefficient (Wildman–Crippen LogP) is 2.55. The van der Waals surface area contributed by atoms with Gasteiger partial charge in [0.25, 0.3) is 5.91 Å². The van der Waals surface area contributed by atoms with Gasteiger partial charge in [0.2, 0.25) is 0 Å². The first-order valence-corrected chi connectivity index (χ1v) is 8.01. The summed E-state index contributed by atoms with van der Waals surface area (Å²) >= 11 is 0. The van der Waals surface area contributed by atoms with E-state index in [-0.39, 0.29) is 24.9 Å². The second-order valence-electron chi connectivity index (χ2n) is 5.52. The average Bonchev–Trinajstić information content (AvgIpc) is 2.94. The molecular weight excluding hydrogens is 324 g/mol. The topological polar surface area (TPSA) is 90.7 Å². The monoisotopic (exact) mass is 346 g/mol. The number of esters is 1. The first-order valence-electron chi connectivity index (χ1n) is 8.01. The summed E-state index contributed by atoms with van der Waals surface area (Å²) in [7, 11) is 1.34. The summed E-state index contributed by atoms with van der Waals surface area (Å²) in [5, 5.41) is 6.66. The molecular formula is C18H22N2O5. The van der Waals surface area contributed by atoms with E-state index in [1.165, 1.54) is 7.11 Å². The van der Waals surface area contributed by atoms with Crippen LogP contribution in [0.2, 0.25) is 0 Å². The van der Waals surface area contributed by atoms with Gasteiger partial charge in [0.1, 0.15) is 18.1 Å². The molecule has 25 heavy (non-hydrogen) atoms. The standard InChI is InChI=1S/C18H22N2O5/c1-12-15(13(2)25-20-12)11-24-16-8-5-4-7-14(16)18(22)19-10-6-9-17(21)23-3/h4-5,7-8H,6,9-11H2,1-3H3,(H,19,22). The highest BCUT2D eigenvalue weighted by Crippen LogP contribution is 2.21. The number of amides is 1. The lowest BCUT2D eigenvalue weighted by atomic mass is 10.1. The molecule has 0 fully saturated rings. The van der Waals surface area contributed by atoms with Gasteiger partial charge in [0.15, 0.2) is 0 Å². The van der Waals surface area contributed by atoms with Crippen molar-refractivity contribution in [2.75, 3.05) is 13.7 Å². The van der Waals surface area contributed by atoms with Gasteiger partial charge in [0.05, 0.1) is 23.9 Å².